The molecule has 0 saturated heterocycles. The zero-order chi connectivity index (χ0) is 15.3. The van der Waals surface area contributed by atoms with Gasteiger partial charge in [0, 0.05) is 11.6 Å². The first-order valence-electron chi connectivity index (χ1n) is 6.75. The Morgan fingerprint density at radius 2 is 2.05 bits per heavy atom. The molecule has 1 fully saturated rings. The van der Waals surface area contributed by atoms with Gasteiger partial charge in [0.05, 0.1) is 10.6 Å². The largest absolute Gasteiger partial charge is 0.367 e. The van der Waals surface area contributed by atoms with Gasteiger partial charge >= 0.3 is 0 Å². The lowest BCUT2D eigenvalue weighted by atomic mass is 10.1. The average molecular weight is 338 g/mol. The quantitative estimate of drug-likeness (QED) is 0.738. The van der Waals surface area contributed by atoms with Gasteiger partial charge in [-0.3, -0.25) is 0 Å². The van der Waals surface area contributed by atoms with Crippen molar-refractivity contribution in [1.29, 1.82) is 0 Å². The highest BCUT2D eigenvalue weighted by atomic mass is 35.5. The van der Waals surface area contributed by atoms with Crippen LogP contribution in [0.5, 0.6) is 0 Å². The summed E-state index contributed by atoms with van der Waals surface area (Å²) in [6.07, 6.45) is 3.46. The summed E-state index contributed by atoms with van der Waals surface area (Å²) in [6, 6.07) is 4.81. The van der Waals surface area contributed by atoms with E-state index in [0.717, 1.165) is 12.8 Å². The molecule has 0 atom stereocenters. The van der Waals surface area contributed by atoms with Crippen molar-refractivity contribution in [3.8, 4) is 11.1 Å². The molecule has 0 spiro atoms. The van der Waals surface area contributed by atoms with E-state index < -0.39 is 5.82 Å². The Balaban J connectivity index is 2.05. The van der Waals surface area contributed by atoms with Gasteiger partial charge in [-0.25, -0.2) is 4.39 Å². The predicted octanol–water partition coefficient (Wildman–Crippen LogP) is 3.81. The molecule has 0 amide bonds. The van der Waals surface area contributed by atoms with Crippen molar-refractivity contribution in [3.63, 3.8) is 0 Å². The van der Waals surface area contributed by atoms with Crippen molar-refractivity contribution in [1.82, 2.24) is 19.6 Å². The summed E-state index contributed by atoms with van der Waals surface area (Å²) < 4.78 is 15.8. The van der Waals surface area contributed by atoms with Crippen molar-refractivity contribution in [3.05, 3.63) is 40.5 Å². The third kappa shape index (κ3) is 2.19. The zero-order valence-corrected chi connectivity index (χ0v) is 12.7. The van der Waals surface area contributed by atoms with E-state index in [9.17, 15) is 4.39 Å². The Bertz CT molecular complexity index is 855. The van der Waals surface area contributed by atoms with Crippen LogP contribution < -0.4 is 5.32 Å². The normalized spacial score (nSPS) is 14.5. The van der Waals surface area contributed by atoms with Crippen LogP contribution in [0.4, 0.5) is 10.2 Å². The lowest BCUT2D eigenvalue weighted by Gasteiger charge is -2.15. The molecule has 22 heavy (non-hydrogen) atoms. The Kier molecular flexibility index (Phi) is 3.16. The monoisotopic (exact) mass is 337 g/mol. The molecule has 0 radical (unpaired) electrons. The summed E-state index contributed by atoms with van der Waals surface area (Å²) in [5.74, 6) is 0.445. The molecule has 1 saturated carbocycles. The molecule has 0 aliphatic heterocycles. The lowest BCUT2D eigenvalue weighted by Crippen LogP contribution is -2.11. The van der Waals surface area contributed by atoms with Gasteiger partial charge in [-0.2, -0.15) is 19.6 Å². The zero-order valence-electron chi connectivity index (χ0n) is 11.2. The van der Waals surface area contributed by atoms with E-state index in [-0.39, 0.29) is 15.7 Å². The maximum atomic E-state index is 14.3. The smallest absolute Gasteiger partial charge is 0.255 e. The number of benzene rings is 1. The SMILES string of the molecule is Fc1cccc(Cl)c1-c1c(Cl)nc2ncnn2c1NC1CC1. The van der Waals surface area contributed by atoms with E-state index in [1.807, 2.05) is 0 Å². The highest BCUT2D eigenvalue weighted by Crippen LogP contribution is 2.41. The topological polar surface area (TPSA) is 55.1 Å². The number of aromatic nitrogens is 4. The third-order valence-electron chi connectivity index (χ3n) is 3.51. The molecule has 4 rings (SSSR count). The van der Waals surface area contributed by atoms with Gasteiger partial charge in [0.2, 0.25) is 0 Å². The summed E-state index contributed by atoms with van der Waals surface area (Å²) in [5, 5.41) is 7.86. The van der Waals surface area contributed by atoms with E-state index in [0.29, 0.717) is 23.2 Å². The van der Waals surface area contributed by atoms with Crippen molar-refractivity contribution < 1.29 is 4.39 Å². The second-order valence-corrected chi connectivity index (χ2v) is 5.88. The molecule has 3 aromatic rings. The van der Waals surface area contributed by atoms with Crippen LogP contribution in [-0.4, -0.2) is 25.6 Å². The molecule has 1 aliphatic rings. The molecule has 1 aliphatic carbocycles. The van der Waals surface area contributed by atoms with E-state index in [1.54, 1.807) is 12.1 Å². The molecule has 8 heteroatoms. The maximum Gasteiger partial charge on any atom is 0.255 e. The number of hydrogen-bond donors (Lipinski definition) is 1. The summed E-state index contributed by atoms with van der Waals surface area (Å²) in [7, 11) is 0. The minimum absolute atomic E-state index is 0.135. The van der Waals surface area contributed by atoms with Gasteiger partial charge in [0.25, 0.3) is 5.78 Å². The van der Waals surface area contributed by atoms with Crippen LogP contribution in [0, 0.1) is 5.82 Å². The van der Waals surface area contributed by atoms with Crippen molar-refractivity contribution >= 4 is 34.8 Å². The number of nitrogens with zero attached hydrogens (tertiary/aromatic N) is 4. The van der Waals surface area contributed by atoms with Crippen molar-refractivity contribution in [2.75, 3.05) is 5.32 Å². The Hall–Kier alpha value is -1.92. The Morgan fingerprint density at radius 1 is 1.23 bits per heavy atom. The molecular weight excluding hydrogens is 328 g/mol. The van der Waals surface area contributed by atoms with E-state index in [4.69, 9.17) is 23.2 Å². The van der Waals surface area contributed by atoms with Crippen LogP contribution in [-0.2, 0) is 0 Å². The third-order valence-corrected chi connectivity index (χ3v) is 4.10. The lowest BCUT2D eigenvalue weighted by molar-refractivity contribution is 0.631. The number of halogens is 3. The van der Waals surface area contributed by atoms with E-state index >= 15 is 0 Å². The standard InChI is InChI=1S/C14H10Cl2FN5/c15-8-2-1-3-9(17)10(8)11-12(16)21-14-18-6-19-22(14)13(11)20-7-4-5-7/h1-3,6-7,20H,4-5H2. The predicted molar refractivity (Wildman–Crippen MR) is 82.8 cm³/mol. The van der Waals surface area contributed by atoms with E-state index in [2.05, 4.69) is 20.4 Å². The fourth-order valence-corrected chi connectivity index (χ4v) is 2.85. The second kappa shape index (κ2) is 5.07. The number of nitrogens with one attached hydrogen (secondary N) is 1. The minimum atomic E-state index is -0.463. The summed E-state index contributed by atoms with van der Waals surface area (Å²) >= 11 is 12.5. The van der Waals surface area contributed by atoms with Crippen LogP contribution >= 0.6 is 23.2 Å². The average Bonchev–Trinajstić information content (AvgIpc) is 3.17. The maximum absolute atomic E-state index is 14.3. The fourth-order valence-electron chi connectivity index (χ4n) is 2.33. The van der Waals surface area contributed by atoms with Crippen LogP contribution in [0.3, 0.4) is 0 Å². The summed E-state index contributed by atoms with van der Waals surface area (Å²) in [4.78, 5) is 8.21. The van der Waals surface area contributed by atoms with Gasteiger partial charge in [-0.15, -0.1) is 0 Å². The van der Waals surface area contributed by atoms with Crippen LogP contribution in [0.15, 0.2) is 24.5 Å². The molecule has 2 heterocycles. The molecular formula is C14H10Cl2FN5. The molecule has 0 bridgehead atoms. The number of rotatable bonds is 3. The fraction of sp³-hybridized carbons (Fsp3) is 0.214. The van der Waals surface area contributed by atoms with E-state index in [1.165, 1.54) is 16.9 Å². The van der Waals surface area contributed by atoms with Crippen molar-refractivity contribution in [2.45, 2.75) is 18.9 Å². The van der Waals surface area contributed by atoms with Crippen LogP contribution in [0.25, 0.3) is 16.9 Å². The Morgan fingerprint density at radius 3 is 2.77 bits per heavy atom. The number of hydrogen-bond acceptors (Lipinski definition) is 4. The molecule has 2 aromatic heterocycles. The molecule has 1 aromatic carbocycles. The van der Waals surface area contributed by atoms with Gasteiger partial charge in [0.1, 0.15) is 23.1 Å². The molecule has 0 unspecified atom stereocenters. The van der Waals surface area contributed by atoms with Crippen molar-refractivity contribution in [2.24, 2.45) is 0 Å². The van der Waals surface area contributed by atoms with Gasteiger partial charge < -0.3 is 5.32 Å². The first-order valence-corrected chi connectivity index (χ1v) is 7.51. The molecule has 112 valence electrons. The highest BCUT2D eigenvalue weighted by Gasteiger charge is 2.27. The summed E-state index contributed by atoms with van der Waals surface area (Å²) in [6.45, 7) is 0. The first-order chi connectivity index (χ1) is 10.6. The first kappa shape index (κ1) is 13.7. The van der Waals surface area contributed by atoms with Crippen LogP contribution in [0.1, 0.15) is 12.8 Å². The number of fused-ring (bicyclic) bond motifs is 1. The van der Waals surface area contributed by atoms with Gasteiger partial charge in [-0.1, -0.05) is 29.3 Å². The van der Waals surface area contributed by atoms with Crippen LogP contribution in [0.2, 0.25) is 10.2 Å². The minimum Gasteiger partial charge on any atom is -0.367 e. The van der Waals surface area contributed by atoms with Gasteiger partial charge in [0.15, 0.2) is 0 Å². The molecule has 1 N–H and O–H groups in total. The second-order valence-electron chi connectivity index (χ2n) is 5.11. The van der Waals surface area contributed by atoms with Gasteiger partial charge in [-0.05, 0) is 25.0 Å². The highest BCUT2D eigenvalue weighted by molar-refractivity contribution is 6.36. The summed E-state index contributed by atoms with van der Waals surface area (Å²) in [5.41, 5.74) is 0.608. The number of anilines is 1. The molecule has 5 nitrogen and oxygen atoms in total. The Labute approximate surface area is 135 Å².